The van der Waals surface area contributed by atoms with Crippen molar-refractivity contribution in [3.05, 3.63) is 24.4 Å². The Hall–Kier alpha value is -2.17. The number of H-pyrrole nitrogens is 1. The Morgan fingerprint density at radius 3 is 2.93 bits per heavy atom. The summed E-state index contributed by atoms with van der Waals surface area (Å²) in [6.07, 6.45) is 4.89. The minimum absolute atomic E-state index is 0.0661. The summed E-state index contributed by atoms with van der Waals surface area (Å²) < 4.78 is 38.3. The van der Waals surface area contributed by atoms with Gasteiger partial charge in [0.25, 0.3) is 10.0 Å². The second-order valence-electron chi connectivity index (χ2n) is 7.17. The van der Waals surface area contributed by atoms with Gasteiger partial charge in [0.1, 0.15) is 5.69 Å². The molecule has 2 aliphatic rings. The summed E-state index contributed by atoms with van der Waals surface area (Å²) in [6.45, 7) is 1.74. The lowest BCUT2D eigenvalue weighted by Gasteiger charge is -2.30. The van der Waals surface area contributed by atoms with Crippen molar-refractivity contribution in [1.29, 1.82) is 0 Å². The highest BCUT2D eigenvalue weighted by atomic mass is 32.2. The van der Waals surface area contributed by atoms with Crippen molar-refractivity contribution >= 4 is 15.9 Å². The van der Waals surface area contributed by atoms with E-state index < -0.39 is 10.0 Å². The number of hydrogen-bond donors (Lipinski definition) is 2. The van der Waals surface area contributed by atoms with E-state index in [0.717, 1.165) is 19.4 Å². The van der Waals surface area contributed by atoms with Gasteiger partial charge in [-0.25, -0.2) is 8.42 Å². The van der Waals surface area contributed by atoms with Crippen LogP contribution in [0.3, 0.4) is 0 Å². The van der Waals surface area contributed by atoms with E-state index in [0.29, 0.717) is 37.4 Å². The van der Waals surface area contributed by atoms with E-state index in [1.165, 1.54) is 10.4 Å². The van der Waals surface area contributed by atoms with Gasteiger partial charge in [-0.15, -0.1) is 0 Å². The van der Waals surface area contributed by atoms with Crippen LogP contribution in [0.5, 0.6) is 0 Å². The largest absolute Gasteiger partial charge is 0.442 e. The maximum atomic E-state index is 13.0. The minimum Gasteiger partial charge on any atom is -0.442 e. The van der Waals surface area contributed by atoms with Crippen molar-refractivity contribution in [3.63, 3.8) is 0 Å². The lowest BCUT2D eigenvalue weighted by Crippen LogP contribution is -2.46. The number of carbonyl (C=O) groups is 1. The quantitative estimate of drug-likeness (QED) is 0.745. The Bertz CT molecular complexity index is 902. The summed E-state index contributed by atoms with van der Waals surface area (Å²) in [4.78, 5) is 12.5. The average Bonchev–Trinajstić information content (AvgIpc) is 3.48. The fourth-order valence-electron chi connectivity index (χ4n) is 3.66. The number of aromatic nitrogens is 2. The summed E-state index contributed by atoms with van der Waals surface area (Å²) in [5.74, 6) is -0.0843. The molecular formula is C18H24N4O5S. The second-order valence-corrected chi connectivity index (χ2v) is 9.04. The molecule has 10 heteroatoms. The molecule has 2 aromatic rings. The van der Waals surface area contributed by atoms with Crippen molar-refractivity contribution in [2.45, 2.75) is 36.9 Å². The molecule has 2 saturated heterocycles. The number of carbonyl (C=O) groups excluding carboxylic acids is 1. The van der Waals surface area contributed by atoms with Gasteiger partial charge in [-0.1, -0.05) is 0 Å². The number of amides is 1. The molecule has 0 spiro atoms. The molecule has 2 fully saturated rings. The highest BCUT2D eigenvalue weighted by Crippen LogP contribution is 2.28. The van der Waals surface area contributed by atoms with Crippen LogP contribution in [0.2, 0.25) is 0 Å². The fourth-order valence-corrected chi connectivity index (χ4v) is 5.10. The topological polar surface area (TPSA) is 118 Å². The molecule has 2 aliphatic heterocycles. The zero-order chi connectivity index (χ0) is 19.6. The number of piperidine rings is 1. The predicted octanol–water partition coefficient (Wildman–Crippen LogP) is 1.37. The van der Waals surface area contributed by atoms with E-state index in [1.54, 1.807) is 18.3 Å². The van der Waals surface area contributed by atoms with Gasteiger partial charge >= 0.3 is 0 Å². The van der Waals surface area contributed by atoms with Crippen LogP contribution >= 0.6 is 0 Å². The number of hydrogen-bond acceptors (Lipinski definition) is 6. The van der Waals surface area contributed by atoms with Crippen LogP contribution in [0.1, 0.15) is 25.7 Å². The molecule has 28 heavy (non-hydrogen) atoms. The van der Waals surface area contributed by atoms with Gasteiger partial charge in [0.05, 0.1) is 12.0 Å². The van der Waals surface area contributed by atoms with Crippen molar-refractivity contribution in [3.8, 4) is 11.5 Å². The standard InChI is InChI=1S/C18H24N4O5S/c23-18(19-11-14-4-2-10-26-14)13-3-1-9-22(12-13)28(24,25)17-6-5-16(27-17)15-7-8-20-21-15/h5-8,13-14H,1-4,9-12H2,(H,19,23)(H,20,21)/t13-,14+/m0/s1. The lowest BCUT2D eigenvalue weighted by atomic mass is 9.99. The maximum Gasteiger partial charge on any atom is 0.276 e. The molecule has 0 saturated carbocycles. The van der Waals surface area contributed by atoms with Crippen LogP contribution in [0.15, 0.2) is 33.9 Å². The molecule has 0 aromatic carbocycles. The van der Waals surface area contributed by atoms with Crippen molar-refractivity contribution < 1.29 is 22.4 Å². The van der Waals surface area contributed by atoms with Crippen LogP contribution in [-0.4, -0.2) is 61.2 Å². The fraction of sp³-hybridized carbons (Fsp3) is 0.556. The third-order valence-electron chi connectivity index (χ3n) is 5.22. The SMILES string of the molecule is O=C(NC[C@H]1CCCO1)[C@H]1CCCN(S(=O)(=O)c2ccc(-c3ccn[nH]3)o2)C1. The molecule has 9 nitrogen and oxygen atoms in total. The van der Waals surface area contributed by atoms with Crippen LogP contribution in [0, 0.1) is 5.92 Å². The van der Waals surface area contributed by atoms with Crippen LogP contribution in [0.25, 0.3) is 11.5 Å². The summed E-state index contributed by atoms with van der Waals surface area (Å²) in [5, 5.41) is 9.36. The summed E-state index contributed by atoms with van der Waals surface area (Å²) in [6, 6.07) is 4.73. The Labute approximate surface area is 163 Å². The number of aromatic amines is 1. The maximum absolute atomic E-state index is 13.0. The van der Waals surface area contributed by atoms with Crippen molar-refractivity contribution in [2.75, 3.05) is 26.2 Å². The molecule has 4 heterocycles. The van der Waals surface area contributed by atoms with Crippen LogP contribution < -0.4 is 5.32 Å². The normalized spacial score (nSPS) is 23.7. The Kier molecular flexibility index (Phi) is 5.51. The molecule has 2 aromatic heterocycles. The first-order chi connectivity index (χ1) is 13.5. The van der Waals surface area contributed by atoms with E-state index in [2.05, 4.69) is 15.5 Å². The number of sulfonamides is 1. The molecule has 0 radical (unpaired) electrons. The molecule has 2 N–H and O–H groups in total. The summed E-state index contributed by atoms with van der Waals surface area (Å²) in [7, 11) is -3.80. The van der Waals surface area contributed by atoms with Crippen LogP contribution in [0.4, 0.5) is 0 Å². The Balaban J connectivity index is 1.41. The third kappa shape index (κ3) is 3.98. The van der Waals surface area contributed by atoms with Gasteiger partial charge in [0.15, 0.2) is 5.76 Å². The second kappa shape index (κ2) is 8.06. The number of furan rings is 1. The first kappa shape index (κ1) is 19.2. The van der Waals surface area contributed by atoms with Crippen molar-refractivity contribution in [2.24, 2.45) is 5.92 Å². The molecule has 2 atom stereocenters. The van der Waals surface area contributed by atoms with Gasteiger partial charge in [-0.05, 0) is 43.9 Å². The first-order valence-electron chi connectivity index (χ1n) is 9.53. The van der Waals surface area contributed by atoms with Gasteiger partial charge in [0.2, 0.25) is 11.0 Å². The Morgan fingerprint density at radius 2 is 2.18 bits per heavy atom. The van der Waals surface area contributed by atoms with E-state index in [9.17, 15) is 13.2 Å². The van der Waals surface area contributed by atoms with E-state index in [-0.39, 0.29) is 29.6 Å². The van der Waals surface area contributed by atoms with E-state index in [4.69, 9.17) is 9.15 Å². The molecule has 0 bridgehead atoms. The number of nitrogens with zero attached hydrogens (tertiary/aromatic N) is 2. The van der Waals surface area contributed by atoms with Gasteiger partial charge in [-0.3, -0.25) is 9.89 Å². The lowest BCUT2D eigenvalue weighted by molar-refractivity contribution is -0.126. The summed E-state index contributed by atoms with van der Waals surface area (Å²) >= 11 is 0. The highest BCUT2D eigenvalue weighted by molar-refractivity contribution is 7.89. The molecule has 0 unspecified atom stereocenters. The van der Waals surface area contributed by atoms with Crippen LogP contribution in [-0.2, 0) is 19.6 Å². The minimum atomic E-state index is -3.80. The predicted molar refractivity (Wildman–Crippen MR) is 99.8 cm³/mol. The van der Waals surface area contributed by atoms with Gasteiger partial charge in [-0.2, -0.15) is 9.40 Å². The van der Waals surface area contributed by atoms with Gasteiger partial charge in [0, 0.05) is 32.4 Å². The number of rotatable bonds is 6. The average molecular weight is 408 g/mol. The smallest absolute Gasteiger partial charge is 0.276 e. The highest BCUT2D eigenvalue weighted by Gasteiger charge is 2.35. The van der Waals surface area contributed by atoms with E-state index in [1.807, 2.05) is 0 Å². The number of nitrogens with one attached hydrogen (secondary N) is 2. The Morgan fingerprint density at radius 1 is 1.29 bits per heavy atom. The monoisotopic (exact) mass is 408 g/mol. The summed E-state index contributed by atoms with van der Waals surface area (Å²) in [5.41, 5.74) is 0.603. The zero-order valence-electron chi connectivity index (χ0n) is 15.5. The molecule has 0 aliphatic carbocycles. The molecular weight excluding hydrogens is 384 g/mol. The molecule has 1 amide bonds. The third-order valence-corrected chi connectivity index (χ3v) is 6.96. The van der Waals surface area contributed by atoms with E-state index >= 15 is 0 Å². The molecule has 152 valence electrons. The van der Waals surface area contributed by atoms with Gasteiger partial charge < -0.3 is 14.5 Å². The first-order valence-corrected chi connectivity index (χ1v) is 11.0. The zero-order valence-corrected chi connectivity index (χ0v) is 16.3. The number of ether oxygens (including phenoxy) is 1. The van der Waals surface area contributed by atoms with Crippen molar-refractivity contribution in [1.82, 2.24) is 19.8 Å². The molecule has 4 rings (SSSR count).